The van der Waals surface area contributed by atoms with Crippen molar-refractivity contribution in [2.75, 3.05) is 23.8 Å². The number of benzene rings is 2. The minimum atomic E-state index is -0.232. The molecule has 0 spiro atoms. The van der Waals surface area contributed by atoms with Crippen LogP contribution in [0, 0.1) is 0 Å². The van der Waals surface area contributed by atoms with E-state index in [1.807, 2.05) is 18.2 Å². The number of carbonyl (C=O) groups is 3. The van der Waals surface area contributed by atoms with Gasteiger partial charge in [0.25, 0.3) is 5.91 Å². The normalized spacial score (nSPS) is 15.8. The molecule has 0 radical (unpaired) electrons. The molecular formula is C26H23ClN4O3S2. The van der Waals surface area contributed by atoms with Crippen LogP contribution in [-0.4, -0.2) is 41.2 Å². The van der Waals surface area contributed by atoms with Crippen molar-refractivity contribution in [3.63, 3.8) is 0 Å². The standard InChI is InChI=1S/C26H22N4O3S2.ClH/c1-29-13-12-17-20(14-29)35-26(23(17)25-27-18-4-2-3-5-19(18)34-25)28-24(33)15-6-8-16(9-7-15)30-21(31)10-11-22(30)32;/h2-9H,10-14H2,1H3,(H,28,33);1H. The smallest absolute Gasteiger partial charge is 0.256 e. The lowest BCUT2D eigenvalue weighted by Gasteiger charge is -2.22. The Balaban J connectivity index is 0.00000267. The molecule has 10 heteroatoms. The maximum absolute atomic E-state index is 13.2. The fraction of sp³-hybridized carbons (Fsp3) is 0.231. The monoisotopic (exact) mass is 538 g/mol. The number of aromatic nitrogens is 1. The lowest BCUT2D eigenvalue weighted by molar-refractivity contribution is -0.121. The third-order valence-electron chi connectivity index (χ3n) is 6.42. The topological polar surface area (TPSA) is 82.6 Å². The van der Waals surface area contributed by atoms with Crippen molar-refractivity contribution in [1.29, 1.82) is 0 Å². The molecule has 2 aromatic heterocycles. The molecule has 0 unspecified atom stereocenters. The molecule has 0 bridgehead atoms. The lowest BCUT2D eigenvalue weighted by Crippen LogP contribution is -2.28. The third kappa shape index (κ3) is 4.32. The van der Waals surface area contributed by atoms with Gasteiger partial charge in [0.2, 0.25) is 11.8 Å². The second kappa shape index (κ2) is 9.74. The highest BCUT2D eigenvalue weighted by Gasteiger charge is 2.30. The summed E-state index contributed by atoms with van der Waals surface area (Å²) in [6.45, 7) is 1.81. The summed E-state index contributed by atoms with van der Waals surface area (Å²) in [5.74, 6) is -0.645. The number of likely N-dealkylation sites (N-methyl/N-ethyl adjacent to an activating group) is 1. The number of hydrogen-bond acceptors (Lipinski definition) is 7. The van der Waals surface area contributed by atoms with Gasteiger partial charge in [-0.25, -0.2) is 4.98 Å². The fourth-order valence-corrected chi connectivity index (χ4v) is 7.06. The number of fused-ring (bicyclic) bond motifs is 2. The van der Waals surface area contributed by atoms with Gasteiger partial charge in [-0.05, 0) is 55.4 Å². The van der Waals surface area contributed by atoms with Crippen molar-refractivity contribution in [3.05, 3.63) is 64.5 Å². The van der Waals surface area contributed by atoms with Gasteiger partial charge in [-0.3, -0.25) is 19.3 Å². The number of anilines is 2. The number of carbonyl (C=O) groups excluding carboxylic acids is 3. The molecule has 2 aliphatic rings. The Bertz CT molecular complexity index is 1450. The zero-order chi connectivity index (χ0) is 24.1. The van der Waals surface area contributed by atoms with Crippen LogP contribution >= 0.6 is 35.1 Å². The summed E-state index contributed by atoms with van der Waals surface area (Å²) in [4.78, 5) is 46.9. The maximum Gasteiger partial charge on any atom is 0.256 e. The van der Waals surface area contributed by atoms with Crippen LogP contribution in [0.4, 0.5) is 10.7 Å². The molecule has 2 aliphatic heterocycles. The summed E-state index contributed by atoms with van der Waals surface area (Å²) < 4.78 is 1.12. The molecule has 2 aromatic carbocycles. The number of rotatable bonds is 4. The van der Waals surface area contributed by atoms with Crippen molar-refractivity contribution in [3.8, 4) is 10.6 Å². The molecule has 0 aliphatic carbocycles. The van der Waals surface area contributed by atoms with E-state index >= 15 is 0 Å². The van der Waals surface area contributed by atoms with Gasteiger partial charge in [0.15, 0.2) is 0 Å². The van der Waals surface area contributed by atoms with Crippen LogP contribution in [0.1, 0.15) is 33.6 Å². The van der Waals surface area contributed by atoms with Crippen molar-refractivity contribution in [2.24, 2.45) is 0 Å². The molecule has 184 valence electrons. The van der Waals surface area contributed by atoms with E-state index in [2.05, 4.69) is 23.3 Å². The summed E-state index contributed by atoms with van der Waals surface area (Å²) in [6.07, 6.45) is 1.37. The minimum Gasteiger partial charge on any atom is -0.313 e. The van der Waals surface area contributed by atoms with Crippen LogP contribution in [0.5, 0.6) is 0 Å². The molecule has 0 saturated carbocycles. The highest BCUT2D eigenvalue weighted by molar-refractivity contribution is 7.23. The molecular weight excluding hydrogens is 516 g/mol. The Labute approximate surface area is 222 Å². The second-order valence-electron chi connectivity index (χ2n) is 8.81. The van der Waals surface area contributed by atoms with Gasteiger partial charge >= 0.3 is 0 Å². The van der Waals surface area contributed by atoms with Crippen LogP contribution < -0.4 is 10.2 Å². The Hall–Kier alpha value is -3.11. The first-order chi connectivity index (χ1) is 17.0. The number of thiazole rings is 1. The van der Waals surface area contributed by atoms with Gasteiger partial charge in [-0.2, -0.15) is 0 Å². The molecule has 6 rings (SSSR count). The molecule has 1 fully saturated rings. The molecule has 4 heterocycles. The number of imide groups is 1. The van der Waals surface area contributed by atoms with Gasteiger partial charge in [0, 0.05) is 41.9 Å². The average Bonchev–Trinajstić information content (AvgIpc) is 3.53. The van der Waals surface area contributed by atoms with Gasteiger partial charge < -0.3 is 10.2 Å². The van der Waals surface area contributed by atoms with Crippen molar-refractivity contribution >= 4 is 73.7 Å². The van der Waals surface area contributed by atoms with Crippen LogP contribution in [-0.2, 0) is 22.6 Å². The first kappa shape index (κ1) is 24.6. The Morgan fingerprint density at radius 3 is 2.42 bits per heavy atom. The van der Waals surface area contributed by atoms with Crippen molar-refractivity contribution in [1.82, 2.24) is 9.88 Å². The number of halogens is 1. The van der Waals surface area contributed by atoms with Crippen LogP contribution in [0.3, 0.4) is 0 Å². The van der Waals surface area contributed by atoms with Crippen LogP contribution in [0.15, 0.2) is 48.5 Å². The van der Waals surface area contributed by atoms with Crippen LogP contribution in [0.25, 0.3) is 20.8 Å². The van der Waals surface area contributed by atoms with E-state index in [-0.39, 0.29) is 43.0 Å². The van der Waals surface area contributed by atoms with E-state index in [0.717, 1.165) is 45.3 Å². The van der Waals surface area contributed by atoms with E-state index in [9.17, 15) is 14.4 Å². The quantitative estimate of drug-likeness (QED) is 0.355. The molecule has 1 saturated heterocycles. The number of nitrogens with zero attached hydrogens (tertiary/aromatic N) is 3. The third-order valence-corrected chi connectivity index (χ3v) is 8.61. The number of hydrogen-bond donors (Lipinski definition) is 1. The van der Waals surface area contributed by atoms with E-state index in [1.54, 1.807) is 46.9 Å². The summed E-state index contributed by atoms with van der Waals surface area (Å²) in [6, 6.07) is 14.7. The lowest BCUT2D eigenvalue weighted by atomic mass is 10.0. The molecule has 7 nitrogen and oxygen atoms in total. The largest absolute Gasteiger partial charge is 0.313 e. The SMILES string of the molecule is CN1CCc2c(sc(NC(=O)c3ccc(N4C(=O)CCC4=O)cc3)c2-c2nc3ccccc3s2)C1.Cl. The van der Waals surface area contributed by atoms with Gasteiger partial charge in [0.1, 0.15) is 10.0 Å². The van der Waals surface area contributed by atoms with E-state index < -0.39 is 0 Å². The molecule has 0 atom stereocenters. The van der Waals surface area contributed by atoms with Gasteiger partial charge in [-0.15, -0.1) is 35.1 Å². The van der Waals surface area contributed by atoms with Gasteiger partial charge in [-0.1, -0.05) is 12.1 Å². The first-order valence-corrected chi connectivity index (χ1v) is 13.1. The minimum absolute atomic E-state index is 0. The molecule has 4 aromatic rings. The maximum atomic E-state index is 13.2. The van der Waals surface area contributed by atoms with Gasteiger partial charge in [0.05, 0.1) is 15.9 Å². The first-order valence-electron chi connectivity index (χ1n) is 11.4. The van der Waals surface area contributed by atoms with Crippen molar-refractivity contribution in [2.45, 2.75) is 25.8 Å². The summed E-state index contributed by atoms with van der Waals surface area (Å²) in [7, 11) is 2.11. The highest BCUT2D eigenvalue weighted by Crippen LogP contribution is 2.45. The summed E-state index contributed by atoms with van der Waals surface area (Å²) >= 11 is 3.26. The second-order valence-corrected chi connectivity index (χ2v) is 10.9. The Morgan fingerprint density at radius 2 is 1.69 bits per heavy atom. The van der Waals surface area contributed by atoms with E-state index in [1.165, 1.54) is 15.3 Å². The zero-order valence-corrected chi connectivity index (χ0v) is 21.9. The summed E-state index contributed by atoms with van der Waals surface area (Å²) in [5, 5.41) is 4.86. The van der Waals surface area contributed by atoms with E-state index in [0.29, 0.717) is 11.3 Å². The van der Waals surface area contributed by atoms with Crippen LogP contribution in [0.2, 0.25) is 0 Å². The van der Waals surface area contributed by atoms with Crippen molar-refractivity contribution < 1.29 is 14.4 Å². The number of para-hydroxylation sites is 1. The fourth-order valence-electron chi connectivity index (χ4n) is 4.63. The predicted molar refractivity (Wildman–Crippen MR) is 146 cm³/mol. The highest BCUT2D eigenvalue weighted by atomic mass is 35.5. The Kier molecular flexibility index (Phi) is 6.65. The molecule has 1 N–H and O–H groups in total. The van der Waals surface area contributed by atoms with E-state index in [4.69, 9.17) is 4.98 Å². The number of thiophene rings is 1. The number of amides is 3. The Morgan fingerprint density at radius 1 is 0.972 bits per heavy atom. The zero-order valence-electron chi connectivity index (χ0n) is 19.4. The summed E-state index contributed by atoms with van der Waals surface area (Å²) in [5.41, 5.74) is 4.21. The average molecular weight is 539 g/mol. The molecule has 36 heavy (non-hydrogen) atoms. The molecule has 3 amide bonds. The predicted octanol–water partition coefficient (Wildman–Crippen LogP) is 5.34. The number of nitrogens with one attached hydrogen (secondary N) is 1.